The fraction of sp³-hybridized carbons (Fsp3) is 0.600. The molecule has 1 fully saturated rings. The van der Waals surface area contributed by atoms with E-state index in [-0.39, 0.29) is 0 Å². The molecule has 0 aliphatic carbocycles. The van der Waals surface area contributed by atoms with Gasteiger partial charge in [-0.3, -0.25) is 9.80 Å². The Morgan fingerprint density at radius 1 is 1.15 bits per heavy atom. The first-order valence-electron chi connectivity index (χ1n) is 7.06. The Morgan fingerprint density at radius 3 is 2.35 bits per heavy atom. The number of β-amino-alcohol motifs (C(OH)–C–C–N with tert-alkyl or cyclic N) is 1. The van der Waals surface area contributed by atoms with Gasteiger partial charge in [0.25, 0.3) is 0 Å². The van der Waals surface area contributed by atoms with Gasteiger partial charge >= 0.3 is 0 Å². The molecule has 0 amide bonds. The lowest BCUT2D eigenvalue weighted by Gasteiger charge is -2.35. The van der Waals surface area contributed by atoms with Crippen LogP contribution in [-0.4, -0.2) is 67.9 Å². The normalized spacial score (nSPS) is 19.1. The van der Waals surface area contributed by atoms with E-state index in [4.69, 9.17) is 4.74 Å². The fourth-order valence-electron chi connectivity index (χ4n) is 2.45. The molecular weight excluding hydrogens is 320 g/mol. The summed E-state index contributed by atoms with van der Waals surface area (Å²) in [6.45, 7) is 6.63. The van der Waals surface area contributed by atoms with Gasteiger partial charge in [-0.15, -0.1) is 0 Å². The van der Waals surface area contributed by atoms with Crippen LogP contribution >= 0.6 is 15.9 Å². The molecule has 1 aliphatic rings. The summed E-state index contributed by atoms with van der Waals surface area (Å²) in [6.07, 6.45) is -0.409. The van der Waals surface area contributed by atoms with E-state index >= 15 is 0 Å². The Kier molecular flexibility index (Phi) is 6.45. The minimum Gasteiger partial charge on any atom is -0.387 e. The van der Waals surface area contributed by atoms with Crippen LogP contribution in [0.1, 0.15) is 11.7 Å². The molecule has 1 aromatic rings. The predicted molar refractivity (Wildman–Crippen MR) is 83.9 cm³/mol. The number of benzene rings is 1. The van der Waals surface area contributed by atoms with Gasteiger partial charge in [-0.2, -0.15) is 0 Å². The monoisotopic (exact) mass is 342 g/mol. The molecule has 2 rings (SSSR count). The quantitative estimate of drug-likeness (QED) is 0.854. The number of ether oxygens (including phenoxy) is 1. The van der Waals surface area contributed by atoms with Crippen molar-refractivity contribution in [3.63, 3.8) is 0 Å². The van der Waals surface area contributed by atoms with E-state index in [9.17, 15) is 5.11 Å². The minimum absolute atomic E-state index is 0.409. The molecule has 0 aromatic heterocycles. The highest BCUT2D eigenvalue weighted by molar-refractivity contribution is 9.10. The van der Waals surface area contributed by atoms with Crippen LogP contribution in [0.3, 0.4) is 0 Å². The minimum atomic E-state index is -0.409. The molecule has 0 bridgehead atoms. The summed E-state index contributed by atoms with van der Waals surface area (Å²) >= 11 is 3.41. The highest BCUT2D eigenvalue weighted by Crippen LogP contribution is 2.18. The summed E-state index contributed by atoms with van der Waals surface area (Å²) in [4.78, 5) is 4.74. The van der Waals surface area contributed by atoms with Crippen molar-refractivity contribution in [1.82, 2.24) is 9.80 Å². The molecular formula is C15H23BrN2O2. The molecule has 0 spiro atoms. The van der Waals surface area contributed by atoms with Crippen LogP contribution in [0.5, 0.6) is 0 Å². The average Bonchev–Trinajstić information content (AvgIpc) is 2.47. The third kappa shape index (κ3) is 4.82. The molecule has 4 nitrogen and oxygen atoms in total. The molecule has 0 saturated carbocycles. The van der Waals surface area contributed by atoms with Crippen LogP contribution < -0.4 is 0 Å². The Balaban J connectivity index is 1.76. The maximum Gasteiger partial charge on any atom is 0.0916 e. The van der Waals surface area contributed by atoms with Crippen molar-refractivity contribution < 1.29 is 9.84 Å². The molecule has 112 valence electrons. The lowest BCUT2D eigenvalue weighted by atomic mass is 10.1. The maximum absolute atomic E-state index is 10.3. The van der Waals surface area contributed by atoms with E-state index in [1.54, 1.807) is 7.11 Å². The Labute approximate surface area is 129 Å². The predicted octanol–water partition coefficient (Wildman–Crippen LogP) is 1.75. The number of aliphatic hydroxyl groups excluding tert-OH is 1. The van der Waals surface area contributed by atoms with E-state index in [0.29, 0.717) is 6.54 Å². The van der Waals surface area contributed by atoms with Gasteiger partial charge in [-0.1, -0.05) is 28.1 Å². The van der Waals surface area contributed by atoms with E-state index in [0.717, 1.165) is 49.4 Å². The number of methoxy groups -OCH3 is 1. The van der Waals surface area contributed by atoms with Crippen molar-refractivity contribution in [1.29, 1.82) is 0 Å². The third-order valence-electron chi connectivity index (χ3n) is 3.76. The second kappa shape index (κ2) is 8.10. The maximum atomic E-state index is 10.3. The van der Waals surface area contributed by atoms with Crippen LogP contribution in [0.15, 0.2) is 28.7 Å². The summed E-state index contributed by atoms with van der Waals surface area (Å²) in [7, 11) is 1.74. The number of halogens is 1. The summed E-state index contributed by atoms with van der Waals surface area (Å²) in [6, 6.07) is 7.90. The molecule has 1 heterocycles. The molecule has 5 heteroatoms. The van der Waals surface area contributed by atoms with Crippen LogP contribution in [-0.2, 0) is 4.74 Å². The van der Waals surface area contributed by atoms with Crippen molar-refractivity contribution in [2.24, 2.45) is 0 Å². The number of piperazine rings is 1. The van der Waals surface area contributed by atoms with Gasteiger partial charge < -0.3 is 9.84 Å². The Hall–Kier alpha value is -0.460. The lowest BCUT2D eigenvalue weighted by molar-refractivity contribution is 0.0611. The van der Waals surface area contributed by atoms with Crippen molar-refractivity contribution >= 4 is 15.9 Å². The van der Waals surface area contributed by atoms with Crippen LogP contribution in [0.2, 0.25) is 0 Å². The average molecular weight is 343 g/mol. The molecule has 1 N–H and O–H groups in total. The van der Waals surface area contributed by atoms with Gasteiger partial charge in [0.15, 0.2) is 0 Å². The second-order valence-electron chi connectivity index (χ2n) is 5.20. The number of nitrogens with zero attached hydrogens (tertiary/aromatic N) is 2. The molecule has 1 unspecified atom stereocenters. The van der Waals surface area contributed by atoms with Crippen LogP contribution in [0, 0.1) is 0 Å². The van der Waals surface area contributed by atoms with Gasteiger partial charge in [0, 0.05) is 50.9 Å². The number of rotatable bonds is 6. The van der Waals surface area contributed by atoms with E-state index < -0.39 is 6.10 Å². The van der Waals surface area contributed by atoms with Gasteiger partial charge in [-0.05, 0) is 17.7 Å². The number of hydrogen-bond acceptors (Lipinski definition) is 4. The molecule has 1 saturated heterocycles. The van der Waals surface area contributed by atoms with Crippen LogP contribution in [0.25, 0.3) is 0 Å². The van der Waals surface area contributed by atoms with Gasteiger partial charge in [0.2, 0.25) is 0 Å². The van der Waals surface area contributed by atoms with E-state index in [1.165, 1.54) is 0 Å². The summed E-state index contributed by atoms with van der Waals surface area (Å²) < 4.78 is 6.15. The first-order valence-corrected chi connectivity index (χ1v) is 7.85. The highest BCUT2D eigenvalue weighted by atomic mass is 79.9. The zero-order chi connectivity index (χ0) is 14.4. The van der Waals surface area contributed by atoms with Gasteiger partial charge in [-0.25, -0.2) is 0 Å². The highest BCUT2D eigenvalue weighted by Gasteiger charge is 2.19. The smallest absolute Gasteiger partial charge is 0.0916 e. The summed E-state index contributed by atoms with van der Waals surface area (Å²) in [5.74, 6) is 0. The van der Waals surface area contributed by atoms with Crippen LogP contribution in [0.4, 0.5) is 0 Å². The molecule has 0 radical (unpaired) electrons. The number of aliphatic hydroxyl groups is 1. The van der Waals surface area contributed by atoms with Crippen molar-refractivity contribution in [2.45, 2.75) is 6.10 Å². The first-order chi connectivity index (χ1) is 9.69. The lowest BCUT2D eigenvalue weighted by Crippen LogP contribution is -2.48. The van der Waals surface area contributed by atoms with Gasteiger partial charge in [0.1, 0.15) is 0 Å². The SMILES string of the molecule is COCCN1CCN(CC(O)c2ccc(Br)cc2)CC1. The van der Waals surface area contributed by atoms with E-state index in [1.807, 2.05) is 24.3 Å². The topological polar surface area (TPSA) is 35.9 Å². The number of hydrogen-bond donors (Lipinski definition) is 1. The standard InChI is InChI=1S/C15H23BrN2O2/c1-20-11-10-17-6-8-18(9-7-17)12-15(19)13-2-4-14(16)5-3-13/h2-5,15,19H,6-12H2,1H3. The summed E-state index contributed by atoms with van der Waals surface area (Å²) in [5, 5.41) is 10.3. The molecule has 1 atom stereocenters. The third-order valence-corrected chi connectivity index (χ3v) is 4.29. The summed E-state index contributed by atoms with van der Waals surface area (Å²) in [5.41, 5.74) is 0.981. The fourth-order valence-corrected chi connectivity index (χ4v) is 2.72. The molecule has 1 aliphatic heterocycles. The molecule has 1 aromatic carbocycles. The Bertz CT molecular complexity index is 391. The zero-order valence-electron chi connectivity index (χ0n) is 12.0. The van der Waals surface area contributed by atoms with Crippen molar-refractivity contribution in [3.8, 4) is 0 Å². The van der Waals surface area contributed by atoms with E-state index in [2.05, 4.69) is 25.7 Å². The van der Waals surface area contributed by atoms with Crippen molar-refractivity contribution in [2.75, 3.05) is 53.0 Å². The second-order valence-corrected chi connectivity index (χ2v) is 6.12. The van der Waals surface area contributed by atoms with Gasteiger partial charge in [0.05, 0.1) is 12.7 Å². The first kappa shape index (κ1) is 15.9. The van der Waals surface area contributed by atoms with Crippen molar-refractivity contribution in [3.05, 3.63) is 34.3 Å². The zero-order valence-corrected chi connectivity index (χ0v) is 13.6. The largest absolute Gasteiger partial charge is 0.387 e. The Morgan fingerprint density at radius 2 is 1.75 bits per heavy atom. The molecule has 20 heavy (non-hydrogen) atoms.